The number of anilines is 1. The Bertz CT molecular complexity index is 1520. The van der Waals surface area contributed by atoms with Gasteiger partial charge < -0.3 is 24.7 Å². The largest absolute Gasteiger partial charge is 0.457 e. The summed E-state index contributed by atoms with van der Waals surface area (Å²) in [7, 11) is 0. The first-order chi connectivity index (χ1) is 19.0. The van der Waals surface area contributed by atoms with E-state index in [1.54, 1.807) is 18.2 Å². The summed E-state index contributed by atoms with van der Waals surface area (Å²) in [5.41, 5.74) is 0.628. The standard InChI is InChI=1S/C29H28FN5O4/c1-17-26(38-17)29(37)35-12-6-5-7-18(15-35)34-28-24-22(14-31-27(24)32-16-33-28)25(36)21-11-10-20(13-23(21)30)39-19-8-3-2-4-9-19/h2-4,8-11,13-14,16-18,26H,5-7,12,15H2,1H3,(H2,31,32,33,34). The van der Waals surface area contributed by atoms with Crippen molar-refractivity contribution < 1.29 is 23.5 Å². The predicted octanol–water partition coefficient (Wildman–Crippen LogP) is 4.70. The van der Waals surface area contributed by atoms with E-state index in [-0.39, 0.29) is 35.3 Å². The summed E-state index contributed by atoms with van der Waals surface area (Å²) in [5, 5.41) is 3.91. The second kappa shape index (κ2) is 10.5. The van der Waals surface area contributed by atoms with Crippen LogP contribution >= 0.6 is 0 Å². The Kier molecular flexibility index (Phi) is 6.70. The molecule has 3 atom stereocenters. The molecule has 0 radical (unpaired) electrons. The summed E-state index contributed by atoms with van der Waals surface area (Å²) in [4.78, 5) is 39.8. The molecule has 2 aromatic heterocycles. The van der Waals surface area contributed by atoms with Gasteiger partial charge in [-0.15, -0.1) is 0 Å². The molecule has 9 nitrogen and oxygen atoms in total. The highest BCUT2D eigenvalue weighted by atomic mass is 19.1. The molecule has 2 aliphatic heterocycles. The average molecular weight is 530 g/mol. The van der Waals surface area contributed by atoms with Crippen molar-refractivity contribution in [2.75, 3.05) is 18.4 Å². The van der Waals surface area contributed by atoms with Gasteiger partial charge in [-0.1, -0.05) is 18.2 Å². The molecule has 6 rings (SSSR count). The Morgan fingerprint density at radius 2 is 1.92 bits per heavy atom. The Labute approximate surface area is 224 Å². The van der Waals surface area contributed by atoms with Crippen molar-refractivity contribution >= 4 is 28.5 Å². The molecule has 4 heterocycles. The maximum absolute atomic E-state index is 15.1. The number of nitrogens with zero attached hydrogens (tertiary/aromatic N) is 3. The highest BCUT2D eigenvalue weighted by molar-refractivity contribution is 6.18. The van der Waals surface area contributed by atoms with Crippen LogP contribution in [0.3, 0.4) is 0 Å². The van der Waals surface area contributed by atoms with Gasteiger partial charge in [-0.2, -0.15) is 0 Å². The third-order valence-electron chi connectivity index (χ3n) is 7.16. The minimum absolute atomic E-state index is 0.0108. The quantitative estimate of drug-likeness (QED) is 0.264. The third-order valence-corrected chi connectivity index (χ3v) is 7.16. The Hall–Kier alpha value is -4.31. The van der Waals surface area contributed by atoms with Crippen LogP contribution in [0.1, 0.15) is 42.1 Å². The lowest BCUT2D eigenvalue weighted by Gasteiger charge is -2.25. The van der Waals surface area contributed by atoms with Gasteiger partial charge in [-0.05, 0) is 50.5 Å². The molecule has 0 spiro atoms. The molecule has 2 aliphatic rings. The minimum atomic E-state index is -0.691. The zero-order valence-electron chi connectivity index (χ0n) is 21.4. The number of hydrogen-bond donors (Lipinski definition) is 2. The van der Waals surface area contributed by atoms with Crippen LogP contribution in [0.5, 0.6) is 11.5 Å². The second-order valence-electron chi connectivity index (χ2n) is 9.92. The number of benzene rings is 2. The van der Waals surface area contributed by atoms with E-state index in [4.69, 9.17) is 9.47 Å². The molecule has 200 valence electrons. The van der Waals surface area contributed by atoms with E-state index in [1.165, 1.54) is 24.7 Å². The van der Waals surface area contributed by atoms with E-state index in [2.05, 4.69) is 20.3 Å². The number of likely N-dealkylation sites (tertiary alicyclic amines) is 1. The van der Waals surface area contributed by atoms with Gasteiger partial charge >= 0.3 is 0 Å². The van der Waals surface area contributed by atoms with Crippen molar-refractivity contribution in [1.29, 1.82) is 0 Å². The van der Waals surface area contributed by atoms with Crippen molar-refractivity contribution in [2.24, 2.45) is 0 Å². The van der Waals surface area contributed by atoms with E-state index < -0.39 is 11.6 Å². The predicted molar refractivity (Wildman–Crippen MR) is 142 cm³/mol. The summed E-state index contributed by atoms with van der Waals surface area (Å²) in [5.74, 6) is 0.141. The second-order valence-corrected chi connectivity index (χ2v) is 9.92. The lowest BCUT2D eigenvalue weighted by atomic mass is 10.0. The maximum Gasteiger partial charge on any atom is 0.254 e. The fourth-order valence-electron chi connectivity index (χ4n) is 5.04. The smallest absolute Gasteiger partial charge is 0.254 e. The van der Waals surface area contributed by atoms with E-state index in [0.717, 1.165) is 19.3 Å². The number of H-pyrrole nitrogens is 1. The van der Waals surface area contributed by atoms with Gasteiger partial charge in [0.15, 0.2) is 11.9 Å². The molecule has 2 aromatic carbocycles. The monoisotopic (exact) mass is 529 g/mol. The number of carbonyl (C=O) groups excluding carboxylic acids is 2. The van der Waals surface area contributed by atoms with E-state index in [9.17, 15) is 9.59 Å². The highest BCUT2D eigenvalue weighted by Crippen LogP contribution is 2.30. The number of amides is 1. The van der Waals surface area contributed by atoms with Gasteiger partial charge in [0.05, 0.1) is 22.6 Å². The molecule has 4 aromatic rings. The van der Waals surface area contributed by atoms with Gasteiger partial charge in [0.25, 0.3) is 5.91 Å². The summed E-state index contributed by atoms with van der Waals surface area (Å²) < 4.78 is 26.2. The Morgan fingerprint density at radius 1 is 1.10 bits per heavy atom. The summed E-state index contributed by atoms with van der Waals surface area (Å²) >= 11 is 0. The van der Waals surface area contributed by atoms with Crippen LogP contribution < -0.4 is 10.1 Å². The van der Waals surface area contributed by atoms with E-state index >= 15 is 4.39 Å². The number of ether oxygens (including phenoxy) is 2. The number of carbonyl (C=O) groups is 2. The summed E-state index contributed by atoms with van der Waals surface area (Å²) in [6.07, 6.45) is 5.21. The SMILES string of the molecule is CC1OC1C(=O)N1CCCCC(Nc2ncnc3[nH]cc(C(=O)c4ccc(Oc5ccccc5)cc4F)c23)C1. The fraction of sp³-hybridized carbons (Fsp3) is 0.310. The molecule has 2 fully saturated rings. The number of aromatic nitrogens is 3. The van der Waals surface area contributed by atoms with Crippen LogP contribution in [-0.2, 0) is 9.53 Å². The van der Waals surface area contributed by atoms with Crippen LogP contribution in [0.25, 0.3) is 11.0 Å². The summed E-state index contributed by atoms with van der Waals surface area (Å²) in [6.45, 7) is 3.08. The van der Waals surface area contributed by atoms with Crippen LogP contribution in [0.15, 0.2) is 61.1 Å². The van der Waals surface area contributed by atoms with E-state index in [0.29, 0.717) is 41.4 Å². The molecule has 2 N–H and O–H groups in total. The van der Waals surface area contributed by atoms with Crippen molar-refractivity contribution in [3.05, 3.63) is 78.0 Å². The number of rotatable bonds is 7. The molecule has 2 saturated heterocycles. The zero-order chi connectivity index (χ0) is 26.9. The van der Waals surface area contributed by atoms with Crippen LogP contribution in [0.2, 0.25) is 0 Å². The number of hydrogen-bond acceptors (Lipinski definition) is 7. The van der Waals surface area contributed by atoms with Gasteiger partial charge in [0.2, 0.25) is 0 Å². The molecule has 0 saturated carbocycles. The maximum atomic E-state index is 15.1. The highest BCUT2D eigenvalue weighted by Gasteiger charge is 2.44. The van der Waals surface area contributed by atoms with Gasteiger partial charge in [-0.3, -0.25) is 9.59 Å². The Morgan fingerprint density at radius 3 is 2.69 bits per heavy atom. The number of nitrogens with one attached hydrogen (secondary N) is 2. The van der Waals surface area contributed by atoms with Crippen molar-refractivity contribution in [1.82, 2.24) is 19.9 Å². The van der Waals surface area contributed by atoms with Crippen molar-refractivity contribution in [3.8, 4) is 11.5 Å². The number of aromatic amines is 1. The fourth-order valence-corrected chi connectivity index (χ4v) is 5.04. The first-order valence-electron chi connectivity index (χ1n) is 13.1. The first kappa shape index (κ1) is 25.0. The molecule has 0 aliphatic carbocycles. The first-order valence-corrected chi connectivity index (χ1v) is 13.1. The Balaban J connectivity index is 1.24. The molecule has 10 heteroatoms. The van der Waals surface area contributed by atoms with Crippen molar-refractivity contribution in [2.45, 2.75) is 44.4 Å². The number of ketones is 1. The number of epoxide rings is 1. The van der Waals surface area contributed by atoms with Crippen LogP contribution in [0, 0.1) is 5.82 Å². The van der Waals surface area contributed by atoms with Gasteiger partial charge in [0, 0.05) is 31.4 Å². The molecular weight excluding hydrogens is 501 g/mol. The van der Waals surface area contributed by atoms with Gasteiger partial charge in [0.1, 0.15) is 35.1 Å². The molecule has 1 amide bonds. The molecular formula is C29H28FN5O4. The van der Waals surface area contributed by atoms with E-state index in [1.807, 2.05) is 30.0 Å². The zero-order valence-corrected chi connectivity index (χ0v) is 21.4. The topological polar surface area (TPSA) is 113 Å². The average Bonchev–Trinajstić information content (AvgIpc) is 3.59. The molecule has 3 unspecified atom stereocenters. The number of para-hydroxylation sites is 1. The number of fused-ring (bicyclic) bond motifs is 1. The molecule has 39 heavy (non-hydrogen) atoms. The van der Waals surface area contributed by atoms with Crippen molar-refractivity contribution in [3.63, 3.8) is 0 Å². The summed E-state index contributed by atoms with van der Waals surface area (Å²) in [6, 6.07) is 13.1. The molecule has 0 bridgehead atoms. The minimum Gasteiger partial charge on any atom is -0.457 e. The normalized spacial score (nSPS) is 20.9. The third kappa shape index (κ3) is 5.20. The van der Waals surface area contributed by atoms with Gasteiger partial charge in [-0.25, -0.2) is 14.4 Å². The lowest BCUT2D eigenvalue weighted by molar-refractivity contribution is -0.132. The lowest BCUT2D eigenvalue weighted by Crippen LogP contribution is -2.41. The van der Waals surface area contributed by atoms with Crippen LogP contribution in [-0.4, -0.2) is 62.9 Å². The number of halogens is 1. The van der Waals surface area contributed by atoms with Crippen LogP contribution in [0.4, 0.5) is 10.2 Å².